The highest BCUT2D eigenvalue weighted by atomic mass is 16.8. The van der Waals surface area contributed by atoms with E-state index in [0.29, 0.717) is 38.5 Å². The first-order valence-corrected chi connectivity index (χ1v) is 27.8. The minimum Gasteiger partial charge on any atom is -0.394 e. The predicted octanol–water partition coefficient (Wildman–Crippen LogP) is -1.17. The molecule has 0 spiro atoms. The van der Waals surface area contributed by atoms with Crippen molar-refractivity contribution >= 4 is 0 Å². The quantitative estimate of drug-likeness (QED) is 0.0463. The second kappa shape index (κ2) is 23.3. The predicted molar refractivity (Wildman–Crippen MR) is 265 cm³/mol. The molecular weight excluding hydrogens is 1000 g/mol. The average Bonchev–Trinajstić information content (AvgIpc) is 3.92. The summed E-state index contributed by atoms with van der Waals surface area (Å²) in [7, 11) is 0. The molecule has 4 heterocycles. The molecule has 14 N–H and O–H groups in total. The van der Waals surface area contributed by atoms with Crippen LogP contribution in [0, 0.1) is 45.3 Å². The molecule has 29 atom stereocenters. The lowest BCUT2D eigenvalue weighted by molar-refractivity contribution is -0.378. The maximum Gasteiger partial charge on any atom is 0.187 e. The van der Waals surface area contributed by atoms with Crippen LogP contribution in [0.15, 0.2) is 11.6 Å². The Balaban J connectivity index is 1.01. The molecule has 4 saturated carbocycles. The molecule has 8 rings (SSSR count). The van der Waals surface area contributed by atoms with E-state index in [1.54, 1.807) is 0 Å². The maximum absolute atomic E-state index is 12.9. The fourth-order valence-electron chi connectivity index (χ4n) is 16.3. The van der Waals surface area contributed by atoms with Crippen molar-refractivity contribution in [2.24, 2.45) is 45.3 Å². The molecule has 0 unspecified atom stereocenters. The van der Waals surface area contributed by atoms with Gasteiger partial charge in [0, 0.05) is 0 Å². The summed E-state index contributed by atoms with van der Waals surface area (Å²) in [5, 5.41) is 151. The molecule has 76 heavy (non-hydrogen) atoms. The van der Waals surface area contributed by atoms with Crippen LogP contribution in [0.1, 0.15) is 120 Å². The molecule has 4 saturated heterocycles. The van der Waals surface area contributed by atoms with E-state index in [-0.39, 0.29) is 34.5 Å². The molecule has 0 aromatic rings. The van der Waals surface area contributed by atoms with Crippen LogP contribution in [0.25, 0.3) is 0 Å². The molecule has 4 aliphatic carbocycles. The van der Waals surface area contributed by atoms with Crippen molar-refractivity contribution in [3.63, 3.8) is 0 Å². The Hall–Kier alpha value is -1.14. The van der Waals surface area contributed by atoms with Gasteiger partial charge in [-0.3, -0.25) is 0 Å². The van der Waals surface area contributed by atoms with Gasteiger partial charge in [0.1, 0.15) is 91.6 Å². The summed E-state index contributed by atoms with van der Waals surface area (Å²) in [6, 6.07) is 0. The average molecular weight is 1090 g/mol. The lowest BCUT2D eigenvalue weighted by Crippen LogP contribution is -2.68. The lowest BCUT2D eigenvalue weighted by Gasteiger charge is -2.71. The van der Waals surface area contributed by atoms with Crippen LogP contribution in [-0.4, -0.2) is 232 Å². The second-order valence-electron chi connectivity index (χ2n) is 25.6. The first-order chi connectivity index (χ1) is 35.6. The smallest absolute Gasteiger partial charge is 0.187 e. The summed E-state index contributed by atoms with van der Waals surface area (Å²) in [4.78, 5) is 0. The van der Waals surface area contributed by atoms with E-state index >= 15 is 0 Å². The summed E-state index contributed by atoms with van der Waals surface area (Å²) in [6.07, 6.45) is -21.2. The first kappa shape index (κ1) is 60.9. The van der Waals surface area contributed by atoms with Crippen molar-refractivity contribution in [2.75, 3.05) is 26.4 Å². The number of unbranched alkanes of at least 4 members (excludes halogenated alkanes) is 1. The monoisotopic (exact) mass is 1090 g/mol. The molecule has 8 fully saturated rings. The minimum atomic E-state index is -1.81. The SMILES string of the molecule is CC(C)=CCCC[C@](C)(O[C@@H]1O[C@H](CO[C@@H]2O[C@@H](CO)[C@@H](O)[C@@H]2O)[C@@H](O)[C@H](O)[C@H]1O)[C@H]1CC[C@]2(C)[C@H]1[C@H](O)C[C@@H]1[C@@]3(C)CC[C@H](O[C@@H]4O[C@H](CO)[C@@H](O)[C@H](O)[C@H]4O[C@@H]4O[C@H](CO)[C@@H](O)[C@H](O)[C@H]4O)C(C)(C)[C@@H]3CC[C@]12C. The first-order valence-electron chi connectivity index (χ1n) is 27.8. The Kier molecular flexibility index (Phi) is 18.6. The molecule has 440 valence electrons. The van der Waals surface area contributed by atoms with E-state index in [9.17, 15) is 71.5 Å². The molecule has 4 aliphatic heterocycles. The van der Waals surface area contributed by atoms with E-state index in [2.05, 4.69) is 40.7 Å². The Morgan fingerprint density at radius 1 is 0.566 bits per heavy atom. The lowest BCUT2D eigenvalue weighted by atomic mass is 9.35. The van der Waals surface area contributed by atoms with Gasteiger partial charge >= 0.3 is 0 Å². The van der Waals surface area contributed by atoms with Crippen molar-refractivity contribution in [3.05, 3.63) is 11.6 Å². The molecule has 0 aromatic heterocycles. The van der Waals surface area contributed by atoms with Crippen molar-refractivity contribution in [2.45, 2.75) is 254 Å². The van der Waals surface area contributed by atoms with Crippen molar-refractivity contribution in [3.8, 4) is 0 Å². The highest BCUT2D eigenvalue weighted by molar-refractivity contribution is 5.20. The number of allylic oxidation sites excluding steroid dienone is 2. The zero-order valence-electron chi connectivity index (χ0n) is 45.4. The van der Waals surface area contributed by atoms with Crippen LogP contribution in [0.3, 0.4) is 0 Å². The molecule has 0 radical (unpaired) electrons. The Labute approximate surface area is 445 Å². The molecule has 0 aromatic carbocycles. The van der Waals surface area contributed by atoms with Crippen LogP contribution in [0.5, 0.6) is 0 Å². The van der Waals surface area contributed by atoms with Crippen LogP contribution in [0.4, 0.5) is 0 Å². The Bertz CT molecular complexity index is 1960. The molecule has 0 amide bonds. The van der Waals surface area contributed by atoms with Gasteiger partial charge in [-0.1, -0.05) is 46.3 Å². The fraction of sp³-hybridized carbons (Fsp3) is 0.963. The van der Waals surface area contributed by atoms with Crippen LogP contribution < -0.4 is 0 Å². The zero-order valence-corrected chi connectivity index (χ0v) is 45.4. The van der Waals surface area contributed by atoms with Crippen molar-refractivity contribution in [1.82, 2.24) is 0 Å². The summed E-state index contributed by atoms with van der Waals surface area (Å²) >= 11 is 0. The van der Waals surface area contributed by atoms with Crippen LogP contribution in [0.2, 0.25) is 0 Å². The van der Waals surface area contributed by atoms with Crippen LogP contribution in [-0.2, 0) is 37.9 Å². The standard InChI is InChI=1S/C54H92O22/c1-24(2)11-9-10-15-54(8,76-48-44(68)40(64)38(62)30(73-48)23-69-46-42(66)37(61)29(22-57)70-46)25-12-17-53(7)34(25)26(58)19-32-51(5)16-14-33(50(3,4)31(51)13-18-52(32,53)6)74-49-45(41(65)36(60)28(21-56)72-49)75-47-43(67)39(63)35(59)27(20-55)71-47/h11,25-49,55-68H,9-10,12-23H2,1-8H3/t25-,26+,27+,28+,29-,30+,31-,32+,33-,34+,35+,36+,37+,38+,39-,40-,41-,42-,43+,44+,45+,46+,47-,48-,49-,51-,52+,53+,54-/m0/s1. The summed E-state index contributed by atoms with van der Waals surface area (Å²) in [5.41, 5.74) is -1.39. The summed E-state index contributed by atoms with van der Waals surface area (Å²) in [5.74, 6) is -0.375. The van der Waals surface area contributed by atoms with E-state index in [4.69, 9.17) is 37.9 Å². The number of aliphatic hydroxyl groups is 14. The largest absolute Gasteiger partial charge is 0.394 e. The van der Waals surface area contributed by atoms with E-state index < -0.39 is 172 Å². The number of hydrogen-bond acceptors (Lipinski definition) is 22. The normalized spacial score (nSPS) is 52.1. The molecular formula is C54H92O22. The van der Waals surface area contributed by atoms with E-state index in [1.165, 1.54) is 0 Å². The number of rotatable bonds is 17. The van der Waals surface area contributed by atoms with Gasteiger partial charge in [0.15, 0.2) is 25.2 Å². The van der Waals surface area contributed by atoms with Gasteiger partial charge in [-0.2, -0.15) is 0 Å². The molecule has 8 aliphatic rings. The maximum atomic E-state index is 12.9. The third kappa shape index (κ3) is 10.7. The topological polar surface area (TPSA) is 357 Å². The summed E-state index contributed by atoms with van der Waals surface area (Å²) < 4.78 is 49.0. The minimum absolute atomic E-state index is 0.0518. The van der Waals surface area contributed by atoms with Gasteiger partial charge in [-0.25, -0.2) is 0 Å². The molecule has 22 nitrogen and oxygen atoms in total. The number of ether oxygens (including phenoxy) is 8. The Morgan fingerprint density at radius 3 is 1.71 bits per heavy atom. The Morgan fingerprint density at radius 2 is 1.09 bits per heavy atom. The number of aliphatic hydroxyl groups excluding tert-OH is 14. The summed E-state index contributed by atoms with van der Waals surface area (Å²) in [6.45, 7) is 15.0. The third-order valence-corrected chi connectivity index (χ3v) is 20.8. The van der Waals surface area contributed by atoms with Gasteiger partial charge in [-0.15, -0.1) is 0 Å². The van der Waals surface area contributed by atoms with E-state index in [0.717, 1.165) is 31.3 Å². The number of fused-ring (bicyclic) bond motifs is 5. The third-order valence-electron chi connectivity index (χ3n) is 20.8. The zero-order chi connectivity index (χ0) is 55.8. The van der Waals surface area contributed by atoms with Gasteiger partial charge in [0.2, 0.25) is 0 Å². The van der Waals surface area contributed by atoms with Gasteiger partial charge in [-0.05, 0) is 130 Å². The molecule has 0 bridgehead atoms. The van der Waals surface area contributed by atoms with Crippen molar-refractivity contribution < 1.29 is 109 Å². The fourth-order valence-corrected chi connectivity index (χ4v) is 16.3. The van der Waals surface area contributed by atoms with Gasteiger partial charge < -0.3 is 109 Å². The van der Waals surface area contributed by atoms with Crippen molar-refractivity contribution in [1.29, 1.82) is 0 Å². The van der Waals surface area contributed by atoms with E-state index in [1.807, 2.05) is 20.8 Å². The highest BCUT2D eigenvalue weighted by Gasteiger charge is 2.72. The molecule has 22 heteroatoms. The van der Waals surface area contributed by atoms with Gasteiger partial charge in [0.05, 0.1) is 44.2 Å². The second-order valence-corrected chi connectivity index (χ2v) is 25.6. The van der Waals surface area contributed by atoms with Gasteiger partial charge in [0.25, 0.3) is 0 Å². The number of hydrogen-bond donors (Lipinski definition) is 14. The van der Waals surface area contributed by atoms with Crippen LogP contribution >= 0.6 is 0 Å². The highest BCUT2D eigenvalue weighted by Crippen LogP contribution is 2.76.